The van der Waals surface area contributed by atoms with E-state index in [1.807, 2.05) is 6.92 Å². The molecule has 0 aliphatic heterocycles. The predicted octanol–water partition coefficient (Wildman–Crippen LogP) is 1.21. The highest BCUT2D eigenvalue weighted by Gasteiger charge is 2.28. The van der Waals surface area contributed by atoms with Gasteiger partial charge in [-0.1, -0.05) is 43.7 Å². The van der Waals surface area contributed by atoms with Gasteiger partial charge >= 0.3 is 5.97 Å². The van der Waals surface area contributed by atoms with Crippen molar-refractivity contribution in [2.75, 3.05) is 6.54 Å². The van der Waals surface area contributed by atoms with E-state index in [-0.39, 0.29) is 12.4 Å². The molecule has 1 rings (SSSR count). The van der Waals surface area contributed by atoms with Crippen LogP contribution in [0.5, 0.6) is 0 Å². The topological polar surface area (TPSA) is 131 Å². The molecule has 0 aliphatic carbocycles. The number of benzene rings is 1. The Morgan fingerprint density at radius 2 is 1.76 bits per heavy atom. The maximum Gasteiger partial charge on any atom is 0.333 e. The summed E-state index contributed by atoms with van der Waals surface area (Å²) in [5.41, 5.74) is 5.55. The molecule has 1 aromatic rings. The van der Waals surface area contributed by atoms with Gasteiger partial charge in [-0.3, -0.25) is 9.59 Å². The molecule has 2 amide bonds. The van der Waals surface area contributed by atoms with Crippen LogP contribution in [-0.4, -0.2) is 47.2 Å². The summed E-state index contributed by atoms with van der Waals surface area (Å²) in [4.78, 5) is 36.7. The van der Waals surface area contributed by atoms with Crippen LogP contribution in [0.2, 0.25) is 0 Å². The summed E-state index contributed by atoms with van der Waals surface area (Å²) >= 11 is 0. The van der Waals surface area contributed by atoms with Gasteiger partial charge in [-0.05, 0) is 32.8 Å². The van der Waals surface area contributed by atoms with E-state index in [2.05, 4.69) is 10.6 Å². The fraction of sp³-hybridized carbons (Fsp3) is 0.550. The van der Waals surface area contributed by atoms with Gasteiger partial charge in [-0.25, -0.2) is 4.79 Å². The second kappa shape index (κ2) is 12.4. The summed E-state index contributed by atoms with van der Waals surface area (Å²) < 4.78 is 5.38. The van der Waals surface area contributed by atoms with Crippen LogP contribution >= 0.6 is 12.4 Å². The molecule has 8 nitrogen and oxygen atoms in total. The monoisotopic (exact) mass is 429 g/mol. The maximum atomic E-state index is 12.5. The van der Waals surface area contributed by atoms with Crippen molar-refractivity contribution in [3.05, 3.63) is 35.9 Å². The highest BCUT2D eigenvalue weighted by atomic mass is 35.5. The van der Waals surface area contributed by atoms with Crippen LogP contribution in [0.15, 0.2) is 30.3 Å². The Kier molecular flexibility index (Phi) is 11.5. The van der Waals surface area contributed by atoms with E-state index in [1.165, 1.54) is 0 Å². The molecule has 9 heteroatoms. The standard InChI is InChI=1S/C20H31N3O5.ClH/c1-5-9-14(21)17(25)18(26)22-12-15(24)23-16(13-10-7-6-8-11-13)19(27)28-20(2,3)4;/h6-8,10-11,14,16-17,25H,5,9,12,21H2,1-4H3,(H,22,26)(H,23,24);1H/t14?,16-,17?;/m0./s1. The minimum atomic E-state index is -1.40. The van der Waals surface area contributed by atoms with Gasteiger partial charge in [-0.15, -0.1) is 12.4 Å². The van der Waals surface area contributed by atoms with Crippen LogP contribution in [0.1, 0.15) is 52.1 Å². The van der Waals surface area contributed by atoms with Crippen LogP contribution in [0, 0.1) is 0 Å². The number of hydrogen-bond donors (Lipinski definition) is 4. The van der Waals surface area contributed by atoms with Crippen LogP contribution in [0.25, 0.3) is 0 Å². The molecule has 164 valence electrons. The fourth-order valence-electron chi connectivity index (χ4n) is 2.45. The lowest BCUT2D eigenvalue weighted by Crippen LogP contribution is -2.49. The molecule has 29 heavy (non-hydrogen) atoms. The van der Waals surface area contributed by atoms with Crippen LogP contribution in [-0.2, 0) is 19.1 Å². The Balaban J connectivity index is 0.00000784. The van der Waals surface area contributed by atoms with Crippen LogP contribution in [0.4, 0.5) is 0 Å². The van der Waals surface area contributed by atoms with Gasteiger partial charge < -0.3 is 26.2 Å². The minimum Gasteiger partial charge on any atom is -0.458 e. The molecule has 0 spiro atoms. The molecule has 1 aromatic carbocycles. The minimum absolute atomic E-state index is 0. The lowest BCUT2D eigenvalue weighted by Gasteiger charge is -2.25. The smallest absolute Gasteiger partial charge is 0.333 e. The first kappa shape index (κ1) is 26.8. The molecule has 0 saturated carbocycles. The Morgan fingerprint density at radius 1 is 1.17 bits per heavy atom. The number of aliphatic hydroxyl groups excluding tert-OH is 1. The van der Waals surface area contributed by atoms with E-state index in [0.29, 0.717) is 12.0 Å². The lowest BCUT2D eigenvalue weighted by molar-refractivity contribution is -0.158. The quantitative estimate of drug-likeness (QED) is 0.436. The number of esters is 1. The number of nitrogens with one attached hydrogen (secondary N) is 2. The number of halogens is 1. The number of hydrogen-bond acceptors (Lipinski definition) is 6. The summed E-state index contributed by atoms with van der Waals surface area (Å²) in [7, 11) is 0. The van der Waals surface area contributed by atoms with Crippen LogP contribution < -0.4 is 16.4 Å². The summed E-state index contributed by atoms with van der Waals surface area (Å²) in [5, 5.41) is 14.8. The first-order valence-corrected chi connectivity index (χ1v) is 9.33. The summed E-state index contributed by atoms with van der Waals surface area (Å²) in [6, 6.07) is 6.95. The molecule has 3 atom stereocenters. The highest BCUT2D eigenvalue weighted by Crippen LogP contribution is 2.18. The molecule has 5 N–H and O–H groups in total. The van der Waals surface area contributed by atoms with E-state index >= 15 is 0 Å². The zero-order valence-electron chi connectivity index (χ0n) is 17.3. The zero-order chi connectivity index (χ0) is 21.3. The van der Waals surface area contributed by atoms with Gasteiger partial charge in [0.15, 0.2) is 6.04 Å². The van der Waals surface area contributed by atoms with Crippen molar-refractivity contribution in [2.45, 2.75) is 64.3 Å². The van der Waals surface area contributed by atoms with Gasteiger partial charge in [-0.2, -0.15) is 0 Å². The molecular formula is C20H32ClN3O5. The number of rotatable bonds is 9. The van der Waals surface area contributed by atoms with Gasteiger partial charge in [0.2, 0.25) is 5.91 Å². The van der Waals surface area contributed by atoms with E-state index in [4.69, 9.17) is 10.5 Å². The summed E-state index contributed by atoms with van der Waals surface area (Å²) in [6.07, 6.45) is -0.195. The molecule has 0 heterocycles. The van der Waals surface area contributed by atoms with Crippen molar-refractivity contribution in [3.8, 4) is 0 Å². The number of carbonyl (C=O) groups is 3. The number of carbonyl (C=O) groups excluding carboxylic acids is 3. The summed E-state index contributed by atoms with van der Waals surface area (Å²) in [6.45, 7) is 6.68. The van der Waals surface area contributed by atoms with Gasteiger partial charge in [0.1, 0.15) is 11.7 Å². The van der Waals surface area contributed by atoms with E-state index in [0.717, 1.165) is 6.42 Å². The van der Waals surface area contributed by atoms with E-state index < -0.39 is 48.1 Å². The van der Waals surface area contributed by atoms with Crippen molar-refractivity contribution < 1.29 is 24.2 Å². The molecule has 0 fully saturated rings. The third-order valence-corrected chi connectivity index (χ3v) is 3.80. The average molecular weight is 430 g/mol. The first-order chi connectivity index (χ1) is 13.0. The Hall–Kier alpha value is -2.16. The summed E-state index contributed by atoms with van der Waals surface area (Å²) in [5.74, 6) is -1.93. The predicted molar refractivity (Wildman–Crippen MR) is 112 cm³/mol. The van der Waals surface area contributed by atoms with Gasteiger partial charge in [0, 0.05) is 6.04 Å². The van der Waals surface area contributed by atoms with E-state index in [1.54, 1.807) is 51.1 Å². The largest absolute Gasteiger partial charge is 0.458 e. The second-order valence-corrected chi connectivity index (χ2v) is 7.56. The van der Waals surface area contributed by atoms with Gasteiger partial charge in [0.25, 0.3) is 5.91 Å². The van der Waals surface area contributed by atoms with E-state index in [9.17, 15) is 19.5 Å². The second-order valence-electron chi connectivity index (χ2n) is 7.56. The normalized spacial score (nSPS) is 14.0. The van der Waals surface area contributed by atoms with Crippen molar-refractivity contribution in [2.24, 2.45) is 5.73 Å². The molecule has 0 aromatic heterocycles. The highest BCUT2D eigenvalue weighted by molar-refractivity contribution is 5.90. The van der Waals surface area contributed by atoms with Gasteiger partial charge in [0.05, 0.1) is 6.54 Å². The number of aliphatic hydroxyl groups is 1. The third-order valence-electron chi connectivity index (χ3n) is 3.80. The van der Waals surface area contributed by atoms with Crippen molar-refractivity contribution in [1.82, 2.24) is 10.6 Å². The fourth-order valence-corrected chi connectivity index (χ4v) is 2.45. The SMILES string of the molecule is CCCC(N)C(O)C(=O)NCC(=O)N[C@H](C(=O)OC(C)(C)C)c1ccccc1.Cl. The molecule has 0 bridgehead atoms. The number of nitrogens with two attached hydrogens (primary N) is 1. The number of amides is 2. The average Bonchev–Trinajstić information content (AvgIpc) is 2.62. The lowest BCUT2D eigenvalue weighted by atomic mass is 10.1. The van der Waals surface area contributed by atoms with Crippen molar-refractivity contribution in [3.63, 3.8) is 0 Å². The Labute approximate surface area is 178 Å². The Bertz CT molecular complexity index is 664. The molecule has 0 saturated heterocycles. The van der Waals surface area contributed by atoms with Crippen molar-refractivity contribution >= 4 is 30.2 Å². The molecule has 0 radical (unpaired) electrons. The third kappa shape index (κ3) is 9.74. The Morgan fingerprint density at radius 3 is 2.28 bits per heavy atom. The molecule has 2 unspecified atom stereocenters. The maximum absolute atomic E-state index is 12.5. The first-order valence-electron chi connectivity index (χ1n) is 9.33. The zero-order valence-corrected chi connectivity index (χ0v) is 18.1. The van der Waals surface area contributed by atoms with Crippen molar-refractivity contribution in [1.29, 1.82) is 0 Å². The van der Waals surface area contributed by atoms with Crippen LogP contribution in [0.3, 0.4) is 0 Å². The number of ether oxygens (including phenoxy) is 1. The molecular weight excluding hydrogens is 398 g/mol. The molecule has 0 aliphatic rings.